The van der Waals surface area contributed by atoms with E-state index >= 15 is 0 Å². The minimum atomic E-state index is 0.234. The Kier molecular flexibility index (Phi) is 6.08. The number of aromatic nitrogens is 1. The van der Waals surface area contributed by atoms with Crippen molar-refractivity contribution < 1.29 is 4.74 Å². The van der Waals surface area contributed by atoms with E-state index in [1.54, 1.807) is 0 Å². The Hall–Kier alpha value is -0.640. The molecule has 1 aliphatic heterocycles. The number of hydrogen-bond donors (Lipinski definition) is 1. The Balaban J connectivity index is 1.96. The quantitative estimate of drug-likeness (QED) is 0.827. The van der Waals surface area contributed by atoms with Crippen LogP contribution in [0.1, 0.15) is 50.8 Å². The molecular formula is C15H23ClN2O. The van der Waals surface area contributed by atoms with Gasteiger partial charge in [0.15, 0.2) is 0 Å². The van der Waals surface area contributed by atoms with Crippen molar-refractivity contribution in [1.29, 1.82) is 0 Å². The minimum absolute atomic E-state index is 0.234. The zero-order valence-electron chi connectivity index (χ0n) is 11.6. The van der Waals surface area contributed by atoms with Gasteiger partial charge in [-0.25, -0.2) is 0 Å². The molecule has 2 rings (SSSR count). The third kappa shape index (κ3) is 4.44. The summed E-state index contributed by atoms with van der Waals surface area (Å²) in [6.45, 7) is 4.08. The zero-order chi connectivity index (χ0) is 13.5. The summed E-state index contributed by atoms with van der Waals surface area (Å²) in [7, 11) is 0. The first-order valence-electron chi connectivity index (χ1n) is 7.26. The zero-order valence-corrected chi connectivity index (χ0v) is 12.3. The Morgan fingerprint density at radius 2 is 2.47 bits per heavy atom. The SMILES string of the molecule is CCCNC(CCC1CCCO1)c1ncccc1Cl. The van der Waals surface area contributed by atoms with Gasteiger partial charge in [-0.1, -0.05) is 18.5 Å². The molecule has 1 N–H and O–H groups in total. The van der Waals surface area contributed by atoms with Crippen molar-refractivity contribution in [2.24, 2.45) is 0 Å². The van der Waals surface area contributed by atoms with Gasteiger partial charge in [-0.05, 0) is 50.8 Å². The number of pyridine rings is 1. The molecule has 1 aliphatic rings. The first-order chi connectivity index (χ1) is 9.31. The average molecular weight is 283 g/mol. The van der Waals surface area contributed by atoms with E-state index in [0.29, 0.717) is 6.10 Å². The average Bonchev–Trinajstić information content (AvgIpc) is 2.93. The molecule has 0 amide bonds. The fourth-order valence-electron chi connectivity index (χ4n) is 2.53. The third-order valence-corrected chi connectivity index (χ3v) is 3.88. The molecular weight excluding hydrogens is 260 g/mol. The normalized spacial score (nSPS) is 20.6. The van der Waals surface area contributed by atoms with Crippen molar-refractivity contribution in [3.8, 4) is 0 Å². The molecule has 3 nitrogen and oxygen atoms in total. The van der Waals surface area contributed by atoms with Gasteiger partial charge in [0, 0.05) is 12.8 Å². The van der Waals surface area contributed by atoms with Crippen molar-refractivity contribution in [1.82, 2.24) is 10.3 Å². The predicted octanol–water partition coefficient (Wildman–Crippen LogP) is 3.73. The highest BCUT2D eigenvalue weighted by atomic mass is 35.5. The van der Waals surface area contributed by atoms with E-state index in [9.17, 15) is 0 Å². The molecule has 0 radical (unpaired) electrons. The van der Waals surface area contributed by atoms with Crippen molar-refractivity contribution in [2.75, 3.05) is 13.2 Å². The van der Waals surface area contributed by atoms with E-state index in [1.807, 2.05) is 18.3 Å². The molecule has 0 aliphatic carbocycles. The van der Waals surface area contributed by atoms with Crippen LogP contribution in [0.5, 0.6) is 0 Å². The van der Waals surface area contributed by atoms with Crippen molar-refractivity contribution in [3.05, 3.63) is 29.0 Å². The smallest absolute Gasteiger partial charge is 0.0758 e. The number of nitrogens with one attached hydrogen (secondary N) is 1. The van der Waals surface area contributed by atoms with E-state index in [0.717, 1.165) is 43.1 Å². The lowest BCUT2D eigenvalue weighted by Gasteiger charge is -2.20. The van der Waals surface area contributed by atoms with E-state index in [2.05, 4.69) is 17.2 Å². The highest BCUT2D eigenvalue weighted by Crippen LogP contribution is 2.27. The summed E-state index contributed by atoms with van der Waals surface area (Å²) >= 11 is 6.26. The molecule has 2 atom stereocenters. The Bertz CT molecular complexity index is 380. The molecule has 2 heterocycles. The molecule has 0 spiro atoms. The van der Waals surface area contributed by atoms with Crippen LogP contribution >= 0.6 is 11.6 Å². The summed E-state index contributed by atoms with van der Waals surface area (Å²) in [4.78, 5) is 4.44. The van der Waals surface area contributed by atoms with Crippen molar-refractivity contribution in [2.45, 2.75) is 51.2 Å². The number of ether oxygens (including phenoxy) is 1. The minimum Gasteiger partial charge on any atom is -0.378 e. The van der Waals surface area contributed by atoms with E-state index in [4.69, 9.17) is 16.3 Å². The second-order valence-electron chi connectivity index (χ2n) is 5.09. The van der Waals surface area contributed by atoms with Crippen molar-refractivity contribution in [3.63, 3.8) is 0 Å². The Labute approximate surface area is 120 Å². The Morgan fingerprint density at radius 3 is 3.16 bits per heavy atom. The first-order valence-corrected chi connectivity index (χ1v) is 7.64. The van der Waals surface area contributed by atoms with Crippen LogP contribution in [0.4, 0.5) is 0 Å². The highest BCUT2D eigenvalue weighted by molar-refractivity contribution is 6.31. The van der Waals surface area contributed by atoms with E-state index in [1.165, 1.54) is 12.8 Å². The standard InChI is InChI=1S/C15H23ClN2O/c1-2-9-17-14(8-7-12-5-4-11-19-12)15-13(16)6-3-10-18-15/h3,6,10,12,14,17H,2,4-5,7-9,11H2,1H3. The second-order valence-corrected chi connectivity index (χ2v) is 5.50. The molecule has 19 heavy (non-hydrogen) atoms. The molecule has 1 aromatic rings. The predicted molar refractivity (Wildman–Crippen MR) is 78.5 cm³/mol. The molecule has 0 aromatic carbocycles. The van der Waals surface area contributed by atoms with Crippen LogP contribution < -0.4 is 5.32 Å². The first kappa shape index (κ1) is 14.8. The van der Waals surface area contributed by atoms with Gasteiger partial charge in [0.05, 0.1) is 22.9 Å². The topological polar surface area (TPSA) is 34.1 Å². The molecule has 0 saturated carbocycles. The molecule has 2 unspecified atom stereocenters. The van der Waals surface area contributed by atoms with Crippen LogP contribution in [-0.4, -0.2) is 24.2 Å². The lowest BCUT2D eigenvalue weighted by Crippen LogP contribution is -2.24. The van der Waals surface area contributed by atoms with Crippen LogP contribution in [-0.2, 0) is 4.74 Å². The summed E-state index contributed by atoms with van der Waals surface area (Å²) in [6.07, 6.45) is 7.84. The van der Waals surface area contributed by atoms with Crippen LogP contribution in [0.25, 0.3) is 0 Å². The molecule has 1 aromatic heterocycles. The maximum Gasteiger partial charge on any atom is 0.0758 e. The van der Waals surface area contributed by atoms with Gasteiger partial charge in [-0.15, -0.1) is 0 Å². The maximum atomic E-state index is 6.26. The van der Waals surface area contributed by atoms with Gasteiger partial charge < -0.3 is 10.1 Å². The molecule has 1 saturated heterocycles. The summed E-state index contributed by atoms with van der Waals surface area (Å²) in [5.41, 5.74) is 0.968. The van der Waals surface area contributed by atoms with Gasteiger partial charge in [-0.2, -0.15) is 0 Å². The summed E-state index contributed by atoms with van der Waals surface area (Å²) in [5, 5.41) is 4.30. The van der Waals surface area contributed by atoms with E-state index in [-0.39, 0.29) is 6.04 Å². The lowest BCUT2D eigenvalue weighted by atomic mass is 10.0. The van der Waals surface area contributed by atoms with Gasteiger partial charge in [-0.3, -0.25) is 4.98 Å². The molecule has 1 fully saturated rings. The van der Waals surface area contributed by atoms with Gasteiger partial charge >= 0.3 is 0 Å². The van der Waals surface area contributed by atoms with Gasteiger partial charge in [0.1, 0.15) is 0 Å². The number of nitrogens with zero attached hydrogens (tertiary/aromatic N) is 1. The van der Waals surface area contributed by atoms with Crippen LogP contribution in [0.2, 0.25) is 5.02 Å². The largest absolute Gasteiger partial charge is 0.378 e. The summed E-state index contributed by atoms with van der Waals surface area (Å²) < 4.78 is 5.69. The number of halogens is 1. The van der Waals surface area contributed by atoms with E-state index < -0.39 is 0 Å². The fourth-order valence-corrected chi connectivity index (χ4v) is 2.79. The maximum absolute atomic E-state index is 6.26. The third-order valence-electron chi connectivity index (χ3n) is 3.56. The summed E-state index contributed by atoms with van der Waals surface area (Å²) in [6, 6.07) is 4.03. The molecule has 106 valence electrons. The number of hydrogen-bond acceptors (Lipinski definition) is 3. The van der Waals surface area contributed by atoms with Crippen LogP contribution in [0.3, 0.4) is 0 Å². The highest BCUT2D eigenvalue weighted by Gasteiger charge is 2.20. The molecule has 4 heteroatoms. The number of rotatable bonds is 7. The Morgan fingerprint density at radius 1 is 1.58 bits per heavy atom. The van der Waals surface area contributed by atoms with Crippen molar-refractivity contribution >= 4 is 11.6 Å². The van der Waals surface area contributed by atoms with Gasteiger partial charge in [0.25, 0.3) is 0 Å². The monoisotopic (exact) mass is 282 g/mol. The van der Waals surface area contributed by atoms with Gasteiger partial charge in [0.2, 0.25) is 0 Å². The summed E-state index contributed by atoms with van der Waals surface area (Å²) in [5.74, 6) is 0. The van der Waals surface area contributed by atoms with Crippen LogP contribution in [0.15, 0.2) is 18.3 Å². The van der Waals surface area contributed by atoms with Crippen LogP contribution in [0, 0.1) is 0 Å². The fraction of sp³-hybridized carbons (Fsp3) is 0.667. The lowest BCUT2D eigenvalue weighted by molar-refractivity contribution is 0.0994. The molecule has 0 bridgehead atoms. The second kappa shape index (κ2) is 7.83.